The Bertz CT molecular complexity index is 1030. The van der Waals surface area contributed by atoms with Crippen molar-refractivity contribution < 1.29 is 8.78 Å². The van der Waals surface area contributed by atoms with E-state index in [1.54, 1.807) is 6.07 Å². The van der Waals surface area contributed by atoms with Crippen LogP contribution in [0.1, 0.15) is 43.7 Å². The van der Waals surface area contributed by atoms with E-state index in [4.69, 9.17) is 4.98 Å². The first-order valence-electron chi connectivity index (χ1n) is 11.5. The lowest BCUT2D eigenvalue weighted by molar-refractivity contribution is 0.148. The van der Waals surface area contributed by atoms with Crippen LogP contribution >= 0.6 is 0 Å². The second kappa shape index (κ2) is 9.05. The minimum Gasteiger partial charge on any atom is -0.324 e. The van der Waals surface area contributed by atoms with Crippen molar-refractivity contribution in [1.82, 2.24) is 19.8 Å². The molecule has 0 radical (unpaired) electrons. The molecule has 2 aliphatic rings. The quantitative estimate of drug-likeness (QED) is 0.598. The van der Waals surface area contributed by atoms with Crippen molar-refractivity contribution in [2.45, 2.75) is 50.9 Å². The summed E-state index contributed by atoms with van der Waals surface area (Å²) in [5.74, 6) is 0.472. The molecule has 0 aliphatic carbocycles. The lowest BCUT2D eigenvalue weighted by Crippen LogP contribution is -2.35. The summed E-state index contributed by atoms with van der Waals surface area (Å²) >= 11 is 0. The lowest BCUT2D eigenvalue weighted by Gasteiger charge is -2.28. The summed E-state index contributed by atoms with van der Waals surface area (Å²) in [5.41, 5.74) is 3.48. The molecule has 1 N–H and O–H groups in total. The van der Waals surface area contributed by atoms with E-state index in [1.807, 2.05) is 30.3 Å². The van der Waals surface area contributed by atoms with Gasteiger partial charge in [-0.3, -0.25) is 0 Å². The molecular weight excluding hydrogens is 394 g/mol. The van der Waals surface area contributed by atoms with Crippen molar-refractivity contribution in [3.8, 4) is 11.4 Å². The molecule has 6 heteroatoms. The number of halogens is 2. The number of aryl methyl sites for hydroxylation is 1. The predicted octanol–water partition coefficient (Wildman–Crippen LogP) is 5.09. The molecule has 2 aliphatic heterocycles. The van der Waals surface area contributed by atoms with Gasteiger partial charge in [-0.2, -0.15) is 0 Å². The number of para-hydroxylation sites is 2. The highest BCUT2D eigenvalue weighted by Gasteiger charge is 2.21. The number of nitrogens with zero attached hydrogens (tertiary/aromatic N) is 3. The molecule has 2 saturated heterocycles. The van der Waals surface area contributed by atoms with Crippen LogP contribution in [0, 0.1) is 5.82 Å². The van der Waals surface area contributed by atoms with Crippen molar-refractivity contribution in [2.24, 2.45) is 0 Å². The second-order valence-electron chi connectivity index (χ2n) is 8.83. The third kappa shape index (κ3) is 4.37. The number of rotatable bonds is 6. The molecule has 5 rings (SSSR count). The van der Waals surface area contributed by atoms with Crippen LogP contribution in [0.15, 0.2) is 42.5 Å². The van der Waals surface area contributed by atoms with Crippen LogP contribution < -0.4 is 5.32 Å². The fourth-order valence-corrected chi connectivity index (χ4v) is 4.98. The van der Waals surface area contributed by atoms with Gasteiger partial charge in [0.1, 0.15) is 17.8 Å². The number of hydrogen-bond donors (Lipinski definition) is 1. The second-order valence-corrected chi connectivity index (χ2v) is 8.83. The van der Waals surface area contributed by atoms with Gasteiger partial charge >= 0.3 is 0 Å². The standard InChI is InChI=1S/C25H30F2N4/c26-19-10-15-30(16-11-19)13-4-14-31-24-7-2-1-5-23(24)29-25(31)20-9-8-18(17-21(20)27)22-6-3-12-28-22/h1-2,5,7-9,17,19,22,28H,3-4,6,10-16H2/t22-/m0/s1. The summed E-state index contributed by atoms with van der Waals surface area (Å²) in [6, 6.07) is 13.8. The Morgan fingerprint density at radius 2 is 1.87 bits per heavy atom. The van der Waals surface area contributed by atoms with E-state index in [9.17, 15) is 4.39 Å². The first-order valence-corrected chi connectivity index (χ1v) is 11.5. The molecule has 4 nitrogen and oxygen atoms in total. The Balaban J connectivity index is 1.39. The normalized spacial score (nSPS) is 20.6. The summed E-state index contributed by atoms with van der Waals surface area (Å²) in [5, 5.41) is 3.44. The van der Waals surface area contributed by atoms with Gasteiger partial charge in [-0.15, -0.1) is 0 Å². The molecule has 2 aromatic carbocycles. The van der Waals surface area contributed by atoms with E-state index in [0.29, 0.717) is 24.2 Å². The molecule has 0 amide bonds. The maximum Gasteiger partial charge on any atom is 0.144 e. The summed E-state index contributed by atoms with van der Waals surface area (Å²) in [4.78, 5) is 7.12. The highest BCUT2D eigenvalue weighted by atomic mass is 19.1. The van der Waals surface area contributed by atoms with Crippen molar-refractivity contribution in [3.05, 3.63) is 53.8 Å². The van der Waals surface area contributed by atoms with Crippen molar-refractivity contribution >= 4 is 11.0 Å². The van der Waals surface area contributed by atoms with Gasteiger partial charge in [-0.05, 0) is 75.0 Å². The van der Waals surface area contributed by atoms with Crippen LogP contribution in [0.25, 0.3) is 22.4 Å². The zero-order chi connectivity index (χ0) is 21.2. The SMILES string of the molecule is Fc1cc([C@@H]2CCCN2)ccc1-c1nc2ccccc2n1CCCN1CCC(F)CC1. The van der Waals surface area contributed by atoms with E-state index in [2.05, 4.69) is 20.9 Å². The minimum absolute atomic E-state index is 0.215. The zero-order valence-corrected chi connectivity index (χ0v) is 17.9. The van der Waals surface area contributed by atoms with Gasteiger partial charge in [0.15, 0.2) is 0 Å². The predicted molar refractivity (Wildman–Crippen MR) is 120 cm³/mol. The number of aromatic nitrogens is 2. The van der Waals surface area contributed by atoms with Gasteiger partial charge in [-0.25, -0.2) is 13.8 Å². The zero-order valence-electron chi connectivity index (χ0n) is 17.9. The Labute approximate surface area is 182 Å². The fourth-order valence-electron chi connectivity index (χ4n) is 4.98. The number of benzene rings is 2. The molecule has 0 bridgehead atoms. The summed E-state index contributed by atoms with van der Waals surface area (Å²) in [7, 11) is 0. The minimum atomic E-state index is -0.647. The van der Waals surface area contributed by atoms with Gasteiger partial charge in [0.05, 0.1) is 16.6 Å². The molecule has 3 aromatic rings. The topological polar surface area (TPSA) is 33.1 Å². The van der Waals surface area contributed by atoms with E-state index in [-0.39, 0.29) is 11.9 Å². The molecule has 3 heterocycles. The van der Waals surface area contributed by atoms with Crippen LogP contribution in [0.5, 0.6) is 0 Å². The fraction of sp³-hybridized carbons (Fsp3) is 0.480. The Morgan fingerprint density at radius 1 is 1.03 bits per heavy atom. The maximum absolute atomic E-state index is 15.2. The Morgan fingerprint density at radius 3 is 2.65 bits per heavy atom. The van der Waals surface area contributed by atoms with E-state index in [1.165, 1.54) is 0 Å². The molecule has 0 spiro atoms. The molecule has 164 valence electrons. The number of nitrogens with one attached hydrogen (secondary N) is 1. The lowest BCUT2D eigenvalue weighted by atomic mass is 10.0. The van der Waals surface area contributed by atoms with Gasteiger partial charge in [0, 0.05) is 25.7 Å². The van der Waals surface area contributed by atoms with Crippen molar-refractivity contribution in [2.75, 3.05) is 26.2 Å². The first-order chi connectivity index (χ1) is 15.2. The smallest absolute Gasteiger partial charge is 0.144 e. The van der Waals surface area contributed by atoms with Crippen LogP contribution in [-0.4, -0.2) is 46.8 Å². The van der Waals surface area contributed by atoms with Crippen molar-refractivity contribution in [3.63, 3.8) is 0 Å². The number of likely N-dealkylation sites (tertiary alicyclic amines) is 1. The number of hydrogen-bond acceptors (Lipinski definition) is 3. The molecule has 0 unspecified atom stereocenters. The number of fused-ring (bicyclic) bond motifs is 1. The number of imidazole rings is 1. The Kier molecular flexibility index (Phi) is 6.01. The van der Waals surface area contributed by atoms with E-state index in [0.717, 1.165) is 68.6 Å². The van der Waals surface area contributed by atoms with Gasteiger partial charge in [0.25, 0.3) is 0 Å². The van der Waals surface area contributed by atoms with Crippen LogP contribution in [0.4, 0.5) is 8.78 Å². The maximum atomic E-state index is 15.2. The van der Waals surface area contributed by atoms with E-state index >= 15 is 4.39 Å². The van der Waals surface area contributed by atoms with Gasteiger partial charge in [0.2, 0.25) is 0 Å². The van der Waals surface area contributed by atoms with Crippen LogP contribution in [-0.2, 0) is 6.54 Å². The summed E-state index contributed by atoms with van der Waals surface area (Å²) < 4.78 is 30.8. The third-order valence-electron chi connectivity index (χ3n) is 6.72. The van der Waals surface area contributed by atoms with Crippen LogP contribution in [0.3, 0.4) is 0 Å². The first kappa shape index (κ1) is 20.6. The average molecular weight is 425 g/mol. The highest BCUT2D eigenvalue weighted by Crippen LogP contribution is 2.31. The third-order valence-corrected chi connectivity index (χ3v) is 6.72. The molecule has 1 aromatic heterocycles. The summed E-state index contributed by atoms with van der Waals surface area (Å²) in [6.45, 7) is 4.32. The summed E-state index contributed by atoms with van der Waals surface area (Å²) in [6.07, 6.45) is 3.73. The molecular formula is C25H30F2N4. The Hall–Kier alpha value is -2.31. The van der Waals surface area contributed by atoms with Gasteiger partial charge < -0.3 is 14.8 Å². The molecule has 1 atom stereocenters. The van der Waals surface area contributed by atoms with Crippen molar-refractivity contribution in [1.29, 1.82) is 0 Å². The molecule has 31 heavy (non-hydrogen) atoms. The molecule has 0 saturated carbocycles. The largest absolute Gasteiger partial charge is 0.324 e. The number of piperidine rings is 1. The van der Waals surface area contributed by atoms with Crippen LogP contribution in [0.2, 0.25) is 0 Å². The monoisotopic (exact) mass is 424 g/mol. The highest BCUT2D eigenvalue weighted by molar-refractivity contribution is 5.80. The number of alkyl halides is 1. The van der Waals surface area contributed by atoms with Gasteiger partial charge in [-0.1, -0.05) is 18.2 Å². The molecule has 2 fully saturated rings. The van der Waals surface area contributed by atoms with E-state index < -0.39 is 6.17 Å². The average Bonchev–Trinajstić information content (AvgIpc) is 3.44.